The topological polar surface area (TPSA) is 70.0 Å². The summed E-state index contributed by atoms with van der Waals surface area (Å²) in [5.74, 6) is 0. The van der Waals surface area contributed by atoms with Crippen molar-refractivity contribution in [2.45, 2.75) is 18.7 Å². The van der Waals surface area contributed by atoms with E-state index in [0.29, 0.717) is 11.1 Å². The minimum atomic E-state index is -3.58. The molecule has 0 saturated heterocycles. The van der Waals surface area contributed by atoms with Gasteiger partial charge in [0.1, 0.15) is 0 Å². The SMILES string of the molecule is C=C(C)CNS(=O)(=O)c1cc(C#N)ccc1C. The molecule has 0 aliphatic heterocycles. The van der Waals surface area contributed by atoms with Gasteiger partial charge >= 0.3 is 0 Å². The predicted molar refractivity (Wildman–Crippen MR) is 65.9 cm³/mol. The monoisotopic (exact) mass is 250 g/mol. The zero-order valence-electron chi connectivity index (χ0n) is 9.82. The maximum Gasteiger partial charge on any atom is 0.241 e. The molecule has 4 nitrogen and oxygen atoms in total. The molecule has 0 unspecified atom stereocenters. The van der Waals surface area contributed by atoms with Gasteiger partial charge in [-0.15, -0.1) is 0 Å². The van der Waals surface area contributed by atoms with Crippen LogP contribution in [0.4, 0.5) is 0 Å². The molecule has 5 heteroatoms. The highest BCUT2D eigenvalue weighted by atomic mass is 32.2. The van der Waals surface area contributed by atoms with Crippen molar-refractivity contribution in [3.8, 4) is 6.07 Å². The first-order valence-corrected chi connectivity index (χ1v) is 6.50. The van der Waals surface area contributed by atoms with Crippen molar-refractivity contribution in [3.63, 3.8) is 0 Å². The molecule has 1 rings (SSSR count). The van der Waals surface area contributed by atoms with Gasteiger partial charge in [-0.2, -0.15) is 5.26 Å². The van der Waals surface area contributed by atoms with Gasteiger partial charge in [-0.3, -0.25) is 0 Å². The summed E-state index contributed by atoms with van der Waals surface area (Å²) in [7, 11) is -3.58. The Kier molecular flexibility index (Phi) is 4.05. The molecule has 1 aromatic rings. The normalized spacial score (nSPS) is 10.9. The van der Waals surface area contributed by atoms with Gasteiger partial charge in [-0.05, 0) is 31.5 Å². The second-order valence-corrected chi connectivity index (χ2v) is 5.61. The van der Waals surface area contributed by atoms with Crippen LogP contribution >= 0.6 is 0 Å². The van der Waals surface area contributed by atoms with Gasteiger partial charge in [-0.1, -0.05) is 18.2 Å². The van der Waals surface area contributed by atoms with Gasteiger partial charge in [0.2, 0.25) is 10.0 Å². The van der Waals surface area contributed by atoms with Crippen molar-refractivity contribution in [1.29, 1.82) is 5.26 Å². The summed E-state index contributed by atoms with van der Waals surface area (Å²) in [5, 5.41) is 8.76. The minimum absolute atomic E-state index is 0.137. The molecule has 1 N–H and O–H groups in total. The number of sulfonamides is 1. The van der Waals surface area contributed by atoms with E-state index in [1.54, 1.807) is 26.0 Å². The number of benzene rings is 1. The number of nitrogens with one attached hydrogen (secondary N) is 1. The summed E-state index contributed by atoms with van der Waals surface area (Å²) in [6.07, 6.45) is 0. The van der Waals surface area contributed by atoms with Crippen molar-refractivity contribution in [2.24, 2.45) is 0 Å². The molecule has 0 aliphatic rings. The largest absolute Gasteiger partial charge is 0.241 e. The predicted octanol–water partition coefficient (Wildman–Crippen LogP) is 1.72. The Hall–Kier alpha value is -1.64. The van der Waals surface area contributed by atoms with E-state index in [9.17, 15) is 8.42 Å². The van der Waals surface area contributed by atoms with Crippen molar-refractivity contribution >= 4 is 10.0 Å². The van der Waals surface area contributed by atoms with Gasteiger partial charge in [0.25, 0.3) is 0 Å². The van der Waals surface area contributed by atoms with Gasteiger partial charge in [-0.25, -0.2) is 13.1 Å². The first-order valence-electron chi connectivity index (χ1n) is 5.01. The van der Waals surface area contributed by atoms with Crippen LogP contribution in [0.3, 0.4) is 0 Å². The Labute approximate surface area is 102 Å². The van der Waals surface area contributed by atoms with Gasteiger partial charge in [0.05, 0.1) is 16.5 Å². The van der Waals surface area contributed by atoms with E-state index in [-0.39, 0.29) is 11.4 Å². The van der Waals surface area contributed by atoms with Crippen LogP contribution in [0.25, 0.3) is 0 Å². The Morgan fingerprint density at radius 3 is 2.71 bits per heavy atom. The minimum Gasteiger partial charge on any atom is -0.207 e. The quantitative estimate of drug-likeness (QED) is 0.827. The molecule has 0 atom stereocenters. The highest BCUT2D eigenvalue weighted by molar-refractivity contribution is 7.89. The second kappa shape index (κ2) is 5.13. The average Bonchev–Trinajstić information content (AvgIpc) is 2.27. The molecule has 0 bridgehead atoms. The third-order valence-corrected chi connectivity index (χ3v) is 3.71. The summed E-state index contributed by atoms with van der Waals surface area (Å²) in [6.45, 7) is 7.25. The van der Waals surface area contributed by atoms with Crippen LogP contribution < -0.4 is 4.72 Å². The lowest BCUT2D eigenvalue weighted by molar-refractivity contribution is 0.584. The Balaban J connectivity index is 3.15. The Bertz CT molecular complexity index is 583. The summed E-state index contributed by atoms with van der Waals surface area (Å²) >= 11 is 0. The van der Waals surface area contributed by atoms with E-state index >= 15 is 0 Å². The van der Waals surface area contributed by atoms with E-state index in [1.807, 2.05) is 6.07 Å². The average molecular weight is 250 g/mol. The molecule has 0 spiro atoms. The van der Waals surface area contributed by atoms with Gasteiger partial charge < -0.3 is 0 Å². The zero-order chi connectivity index (χ0) is 13.1. The fraction of sp³-hybridized carbons (Fsp3) is 0.250. The number of rotatable bonds is 4. The third-order valence-electron chi connectivity index (χ3n) is 2.17. The van der Waals surface area contributed by atoms with Crippen LogP contribution in [0.15, 0.2) is 35.2 Å². The molecular weight excluding hydrogens is 236 g/mol. The number of hydrogen-bond donors (Lipinski definition) is 1. The van der Waals surface area contributed by atoms with E-state index in [0.717, 1.165) is 5.57 Å². The maximum atomic E-state index is 12.0. The molecule has 0 amide bonds. The highest BCUT2D eigenvalue weighted by Crippen LogP contribution is 2.16. The van der Waals surface area contributed by atoms with Crippen LogP contribution in [-0.4, -0.2) is 15.0 Å². The summed E-state index contributed by atoms with van der Waals surface area (Å²) in [5.41, 5.74) is 1.66. The number of hydrogen-bond acceptors (Lipinski definition) is 3. The zero-order valence-corrected chi connectivity index (χ0v) is 10.6. The molecule has 0 radical (unpaired) electrons. The van der Waals surface area contributed by atoms with Crippen molar-refractivity contribution in [3.05, 3.63) is 41.5 Å². The Morgan fingerprint density at radius 1 is 1.53 bits per heavy atom. The number of nitriles is 1. The molecule has 0 fully saturated rings. The van der Waals surface area contributed by atoms with Gasteiger partial charge in [0, 0.05) is 6.54 Å². The number of aryl methyl sites for hydroxylation is 1. The molecular formula is C12H14N2O2S. The van der Waals surface area contributed by atoms with E-state index in [4.69, 9.17) is 5.26 Å². The summed E-state index contributed by atoms with van der Waals surface area (Å²) < 4.78 is 26.4. The molecule has 0 aliphatic carbocycles. The van der Waals surface area contributed by atoms with Crippen molar-refractivity contribution in [2.75, 3.05) is 6.54 Å². The molecule has 0 saturated carbocycles. The molecule has 0 aromatic heterocycles. The first-order chi connectivity index (χ1) is 7.86. The van der Waals surface area contributed by atoms with Crippen molar-refractivity contribution < 1.29 is 8.42 Å². The van der Waals surface area contributed by atoms with E-state index in [1.165, 1.54) is 6.07 Å². The standard InChI is InChI=1S/C12H14N2O2S/c1-9(2)8-14-17(15,16)12-6-11(7-13)5-4-10(12)3/h4-6,14H,1,8H2,2-3H3. The second-order valence-electron chi connectivity index (χ2n) is 3.87. The fourth-order valence-corrected chi connectivity index (χ4v) is 2.62. The maximum absolute atomic E-state index is 12.0. The van der Waals surface area contributed by atoms with Crippen LogP contribution in [0.2, 0.25) is 0 Å². The highest BCUT2D eigenvalue weighted by Gasteiger charge is 2.16. The summed E-state index contributed by atoms with van der Waals surface area (Å²) in [6, 6.07) is 6.50. The third kappa shape index (κ3) is 3.41. The lowest BCUT2D eigenvalue weighted by Gasteiger charge is -2.09. The van der Waals surface area contributed by atoms with Crippen LogP contribution in [-0.2, 0) is 10.0 Å². The molecule has 17 heavy (non-hydrogen) atoms. The van der Waals surface area contributed by atoms with E-state index in [2.05, 4.69) is 11.3 Å². The number of nitrogens with zero attached hydrogens (tertiary/aromatic N) is 1. The van der Waals surface area contributed by atoms with E-state index < -0.39 is 10.0 Å². The molecule has 0 heterocycles. The molecule has 90 valence electrons. The Morgan fingerprint density at radius 2 is 2.18 bits per heavy atom. The lowest BCUT2D eigenvalue weighted by Crippen LogP contribution is -2.26. The van der Waals surface area contributed by atoms with Crippen LogP contribution in [0, 0.1) is 18.3 Å². The van der Waals surface area contributed by atoms with Crippen LogP contribution in [0.5, 0.6) is 0 Å². The smallest absolute Gasteiger partial charge is 0.207 e. The van der Waals surface area contributed by atoms with Crippen molar-refractivity contribution in [1.82, 2.24) is 4.72 Å². The molecule has 1 aromatic carbocycles. The first kappa shape index (κ1) is 13.4. The van der Waals surface area contributed by atoms with Crippen LogP contribution in [0.1, 0.15) is 18.1 Å². The lowest BCUT2D eigenvalue weighted by atomic mass is 10.2. The fourth-order valence-electron chi connectivity index (χ4n) is 1.26. The summed E-state index contributed by atoms with van der Waals surface area (Å²) in [4.78, 5) is 0.137. The van der Waals surface area contributed by atoms with Gasteiger partial charge in [0.15, 0.2) is 0 Å².